The number of benzene rings is 1. The van der Waals surface area contributed by atoms with E-state index in [2.05, 4.69) is 15.2 Å². The van der Waals surface area contributed by atoms with Gasteiger partial charge in [-0.15, -0.1) is 0 Å². The fourth-order valence-electron chi connectivity index (χ4n) is 1.67. The van der Waals surface area contributed by atoms with Crippen LogP contribution in [0.3, 0.4) is 0 Å². The highest BCUT2D eigenvalue weighted by Gasteiger charge is 2.09. The molecular formula is C14H16N2O4. The molecule has 1 aromatic heterocycles. The van der Waals surface area contributed by atoms with E-state index >= 15 is 0 Å². The number of nitrogens with one attached hydrogen (secondary N) is 1. The molecular weight excluding hydrogens is 260 g/mol. The van der Waals surface area contributed by atoms with Crippen LogP contribution in [0.15, 0.2) is 28.8 Å². The zero-order valence-electron chi connectivity index (χ0n) is 11.6. The molecule has 1 heterocycles. The van der Waals surface area contributed by atoms with Crippen LogP contribution in [0.1, 0.15) is 17.0 Å². The SMILES string of the molecule is COC(=O)Nc1ccc(OCc2c(C)noc2C)cc1. The fourth-order valence-corrected chi connectivity index (χ4v) is 1.67. The number of ether oxygens (including phenoxy) is 2. The summed E-state index contributed by atoms with van der Waals surface area (Å²) in [5, 5.41) is 6.43. The molecule has 0 fully saturated rings. The average Bonchev–Trinajstić information content (AvgIpc) is 2.77. The summed E-state index contributed by atoms with van der Waals surface area (Å²) in [5.41, 5.74) is 2.41. The lowest BCUT2D eigenvalue weighted by atomic mass is 10.2. The van der Waals surface area contributed by atoms with Crippen LogP contribution in [0.25, 0.3) is 0 Å². The van der Waals surface area contributed by atoms with Crippen LogP contribution in [0, 0.1) is 13.8 Å². The monoisotopic (exact) mass is 276 g/mol. The summed E-state index contributed by atoms with van der Waals surface area (Å²) in [6.07, 6.45) is -0.505. The lowest BCUT2D eigenvalue weighted by Gasteiger charge is -2.07. The highest BCUT2D eigenvalue weighted by molar-refractivity contribution is 5.84. The predicted octanol–water partition coefficient (Wildman–Crippen LogP) is 3.05. The number of nitrogens with zero attached hydrogens (tertiary/aromatic N) is 1. The van der Waals surface area contributed by atoms with Gasteiger partial charge in [0, 0.05) is 5.69 Å². The van der Waals surface area contributed by atoms with Crippen molar-refractivity contribution in [2.45, 2.75) is 20.5 Å². The predicted molar refractivity (Wildman–Crippen MR) is 72.8 cm³/mol. The van der Waals surface area contributed by atoms with Crippen LogP contribution >= 0.6 is 0 Å². The standard InChI is InChI=1S/C14H16N2O4/c1-9-13(10(2)20-16-9)8-19-12-6-4-11(5-7-12)15-14(17)18-3/h4-7H,8H2,1-3H3,(H,15,17). The van der Waals surface area contributed by atoms with Gasteiger partial charge in [0.05, 0.1) is 18.4 Å². The lowest BCUT2D eigenvalue weighted by Crippen LogP contribution is -2.10. The molecule has 0 spiro atoms. The second-order valence-electron chi connectivity index (χ2n) is 4.23. The van der Waals surface area contributed by atoms with Crippen LogP contribution in [0.4, 0.5) is 10.5 Å². The quantitative estimate of drug-likeness (QED) is 0.929. The zero-order chi connectivity index (χ0) is 14.5. The first kappa shape index (κ1) is 13.9. The molecule has 0 saturated carbocycles. The molecule has 0 atom stereocenters. The van der Waals surface area contributed by atoms with Gasteiger partial charge >= 0.3 is 6.09 Å². The van der Waals surface area contributed by atoms with Gasteiger partial charge in [0.25, 0.3) is 0 Å². The number of amides is 1. The molecule has 1 N–H and O–H groups in total. The Morgan fingerprint density at radius 2 is 2.00 bits per heavy atom. The van der Waals surface area contributed by atoms with Gasteiger partial charge in [0.1, 0.15) is 18.1 Å². The summed E-state index contributed by atoms with van der Waals surface area (Å²) >= 11 is 0. The van der Waals surface area contributed by atoms with Gasteiger partial charge in [-0.1, -0.05) is 5.16 Å². The molecule has 1 amide bonds. The maximum absolute atomic E-state index is 11.0. The van der Waals surface area contributed by atoms with Crippen molar-refractivity contribution >= 4 is 11.8 Å². The molecule has 2 rings (SSSR count). The van der Waals surface area contributed by atoms with E-state index in [-0.39, 0.29) is 0 Å². The van der Waals surface area contributed by atoms with Gasteiger partial charge in [0.15, 0.2) is 0 Å². The number of aromatic nitrogens is 1. The number of hydrogen-bond donors (Lipinski definition) is 1. The van der Waals surface area contributed by atoms with E-state index in [9.17, 15) is 4.79 Å². The van der Waals surface area contributed by atoms with Crippen molar-refractivity contribution in [2.24, 2.45) is 0 Å². The molecule has 0 radical (unpaired) electrons. The van der Waals surface area contributed by atoms with E-state index in [1.165, 1.54) is 7.11 Å². The minimum Gasteiger partial charge on any atom is -0.489 e. The van der Waals surface area contributed by atoms with Gasteiger partial charge < -0.3 is 14.0 Å². The van der Waals surface area contributed by atoms with Crippen LogP contribution in [-0.4, -0.2) is 18.4 Å². The van der Waals surface area contributed by atoms with Crippen molar-refractivity contribution in [1.29, 1.82) is 0 Å². The Bertz CT molecular complexity index is 570. The molecule has 20 heavy (non-hydrogen) atoms. The molecule has 1 aromatic carbocycles. The van der Waals surface area contributed by atoms with Crippen LogP contribution in [0.5, 0.6) is 5.75 Å². The van der Waals surface area contributed by atoms with Gasteiger partial charge in [-0.25, -0.2) is 4.79 Å². The summed E-state index contributed by atoms with van der Waals surface area (Å²) in [5.74, 6) is 1.45. The Morgan fingerprint density at radius 1 is 1.30 bits per heavy atom. The number of aryl methyl sites for hydroxylation is 2. The van der Waals surface area contributed by atoms with Crippen LogP contribution < -0.4 is 10.1 Å². The summed E-state index contributed by atoms with van der Waals surface area (Å²) in [4.78, 5) is 11.0. The summed E-state index contributed by atoms with van der Waals surface area (Å²) < 4.78 is 15.2. The third-order valence-electron chi connectivity index (χ3n) is 2.85. The second-order valence-corrected chi connectivity index (χ2v) is 4.23. The number of carbonyl (C=O) groups is 1. The first-order chi connectivity index (χ1) is 9.60. The van der Waals surface area contributed by atoms with E-state index < -0.39 is 6.09 Å². The minimum atomic E-state index is -0.505. The van der Waals surface area contributed by atoms with Gasteiger partial charge in [-0.05, 0) is 38.1 Å². The molecule has 6 nitrogen and oxygen atoms in total. The highest BCUT2D eigenvalue weighted by atomic mass is 16.5. The molecule has 6 heteroatoms. The van der Waals surface area contributed by atoms with E-state index in [4.69, 9.17) is 9.26 Å². The maximum Gasteiger partial charge on any atom is 0.411 e. The maximum atomic E-state index is 11.0. The fraction of sp³-hybridized carbons (Fsp3) is 0.286. The van der Waals surface area contributed by atoms with E-state index in [0.717, 1.165) is 17.0 Å². The smallest absolute Gasteiger partial charge is 0.411 e. The first-order valence-electron chi connectivity index (χ1n) is 6.09. The Labute approximate surface area is 116 Å². The number of hydrogen-bond acceptors (Lipinski definition) is 5. The zero-order valence-corrected chi connectivity index (χ0v) is 11.6. The van der Waals surface area contributed by atoms with Crippen LogP contribution in [-0.2, 0) is 11.3 Å². The Kier molecular flexibility index (Phi) is 4.24. The number of carbonyl (C=O) groups excluding carboxylic acids is 1. The van der Waals surface area contributed by atoms with Crippen molar-refractivity contribution < 1.29 is 18.8 Å². The molecule has 106 valence electrons. The largest absolute Gasteiger partial charge is 0.489 e. The summed E-state index contributed by atoms with van der Waals surface area (Å²) in [7, 11) is 1.32. The molecule has 0 bridgehead atoms. The molecule has 0 aliphatic carbocycles. The third kappa shape index (κ3) is 3.28. The Hall–Kier alpha value is -2.50. The van der Waals surface area contributed by atoms with Crippen molar-refractivity contribution in [3.05, 3.63) is 41.3 Å². The summed E-state index contributed by atoms with van der Waals surface area (Å²) in [6.45, 7) is 4.12. The summed E-state index contributed by atoms with van der Waals surface area (Å²) in [6, 6.07) is 7.01. The van der Waals surface area contributed by atoms with Gasteiger partial charge in [0.2, 0.25) is 0 Å². The Morgan fingerprint density at radius 3 is 2.55 bits per heavy atom. The molecule has 0 saturated heterocycles. The van der Waals surface area contributed by atoms with Crippen molar-refractivity contribution in [3.8, 4) is 5.75 Å². The molecule has 0 aliphatic rings. The average molecular weight is 276 g/mol. The first-order valence-corrected chi connectivity index (χ1v) is 6.09. The van der Waals surface area contributed by atoms with Crippen molar-refractivity contribution in [2.75, 3.05) is 12.4 Å². The molecule has 0 aliphatic heterocycles. The number of methoxy groups -OCH3 is 1. The number of anilines is 1. The molecule has 2 aromatic rings. The second kappa shape index (κ2) is 6.10. The normalized spacial score (nSPS) is 10.2. The topological polar surface area (TPSA) is 73.6 Å². The Balaban J connectivity index is 1.96. The van der Waals surface area contributed by atoms with Crippen molar-refractivity contribution in [3.63, 3.8) is 0 Å². The van der Waals surface area contributed by atoms with Crippen molar-refractivity contribution in [1.82, 2.24) is 5.16 Å². The number of rotatable bonds is 4. The third-order valence-corrected chi connectivity index (χ3v) is 2.85. The van der Waals surface area contributed by atoms with Crippen LogP contribution in [0.2, 0.25) is 0 Å². The van der Waals surface area contributed by atoms with Gasteiger partial charge in [-0.3, -0.25) is 5.32 Å². The molecule has 0 unspecified atom stereocenters. The van der Waals surface area contributed by atoms with E-state index in [1.54, 1.807) is 24.3 Å². The van der Waals surface area contributed by atoms with E-state index in [0.29, 0.717) is 18.0 Å². The highest BCUT2D eigenvalue weighted by Crippen LogP contribution is 2.19. The van der Waals surface area contributed by atoms with Gasteiger partial charge in [-0.2, -0.15) is 0 Å². The minimum absolute atomic E-state index is 0.394. The van der Waals surface area contributed by atoms with E-state index in [1.807, 2.05) is 13.8 Å². The lowest BCUT2D eigenvalue weighted by molar-refractivity contribution is 0.187.